The molecule has 106 valence electrons. The molecular weight excluding hydrogens is 282 g/mol. The molecule has 6 nitrogen and oxygen atoms in total. The number of allylic oxidation sites excluding steroid dienone is 1. The van der Waals surface area contributed by atoms with Gasteiger partial charge < -0.3 is 5.32 Å². The fourth-order valence-corrected chi connectivity index (χ4v) is 2.38. The largest absolute Gasteiger partial charge is 0.321 e. The highest BCUT2D eigenvalue weighted by atomic mass is 16.6. The summed E-state index contributed by atoms with van der Waals surface area (Å²) < 4.78 is 0. The molecule has 0 aromatic heterocycles. The molecule has 0 fully saturated rings. The minimum atomic E-state index is -0.513. The van der Waals surface area contributed by atoms with Crippen LogP contribution in [0.2, 0.25) is 0 Å². The van der Waals surface area contributed by atoms with Gasteiger partial charge in [0.2, 0.25) is 0 Å². The van der Waals surface area contributed by atoms with Crippen LogP contribution in [0.4, 0.5) is 11.4 Å². The average Bonchev–Trinajstić information content (AvgIpc) is 2.85. The first-order valence-corrected chi connectivity index (χ1v) is 6.42. The molecule has 1 N–H and O–H groups in total. The van der Waals surface area contributed by atoms with Gasteiger partial charge in [0.05, 0.1) is 16.1 Å². The Morgan fingerprint density at radius 1 is 1.14 bits per heavy atom. The number of amides is 1. The number of nitro groups is 1. The van der Waals surface area contributed by atoms with Gasteiger partial charge in [-0.25, -0.2) is 0 Å². The van der Waals surface area contributed by atoms with Crippen LogP contribution in [0.3, 0.4) is 0 Å². The van der Waals surface area contributed by atoms with Crippen molar-refractivity contribution in [3.05, 3.63) is 69.8 Å². The zero-order valence-corrected chi connectivity index (χ0v) is 11.2. The number of carbonyl (C=O) groups is 1. The molecule has 0 saturated heterocycles. The second-order valence-corrected chi connectivity index (χ2v) is 4.67. The van der Waals surface area contributed by atoms with E-state index >= 15 is 0 Å². The number of hydrogen-bond acceptors (Lipinski definition) is 4. The highest BCUT2D eigenvalue weighted by molar-refractivity contribution is 6.38. The standard InChI is InChI=1S/C16H9N3O3/c17-9-13(10-5-7-11(8-6-10)19(21)22)15-12-3-1-2-4-14(12)18-16(15)20/h1-8H,(H,18,20). The van der Waals surface area contributed by atoms with Crippen molar-refractivity contribution in [3.63, 3.8) is 0 Å². The van der Waals surface area contributed by atoms with E-state index < -0.39 is 4.92 Å². The molecule has 22 heavy (non-hydrogen) atoms. The average molecular weight is 291 g/mol. The highest BCUT2D eigenvalue weighted by Gasteiger charge is 2.27. The van der Waals surface area contributed by atoms with E-state index in [2.05, 4.69) is 5.32 Å². The Bertz CT molecular complexity index is 861. The number of para-hydroxylation sites is 1. The van der Waals surface area contributed by atoms with Crippen LogP contribution in [-0.4, -0.2) is 10.8 Å². The van der Waals surface area contributed by atoms with Crippen LogP contribution < -0.4 is 5.32 Å². The molecule has 0 unspecified atom stereocenters. The minimum absolute atomic E-state index is 0.0673. The van der Waals surface area contributed by atoms with Crippen molar-refractivity contribution in [2.75, 3.05) is 5.32 Å². The lowest BCUT2D eigenvalue weighted by Gasteiger charge is -2.03. The van der Waals surface area contributed by atoms with Gasteiger partial charge in [-0.1, -0.05) is 18.2 Å². The first-order chi connectivity index (χ1) is 10.6. The van der Waals surface area contributed by atoms with Gasteiger partial charge in [0.1, 0.15) is 6.07 Å². The Morgan fingerprint density at radius 2 is 1.82 bits per heavy atom. The van der Waals surface area contributed by atoms with Gasteiger partial charge in [0.15, 0.2) is 0 Å². The minimum Gasteiger partial charge on any atom is -0.321 e. The summed E-state index contributed by atoms with van der Waals surface area (Å²) in [4.78, 5) is 22.3. The molecule has 0 spiro atoms. The van der Waals surface area contributed by atoms with Crippen LogP contribution in [0, 0.1) is 21.4 Å². The number of carbonyl (C=O) groups excluding carboxylic acids is 1. The smallest absolute Gasteiger partial charge is 0.269 e. The van der Waals surface area contributed by atoms with E-state index in [0.717, 1.165) is 0 Å². The van der Waals surface area contributed by atoms with Gasteiger partial charge in [-0.15, -0.1) is 0 Å². The van der Waals surface area contributed by atoms with Crippen LogP contribution in [0.15, 0.2) is 48.5 Å². The van der Waals surface area contributed by atoms with Gasteiger partial charge in [-0.05, 0) is 23.8 Å². The van der Waals surface area contributed by atoms with Crippen molar-refractivity contribution in [3.8, 4) is 6.07 Å². The number of benzene rings is 2. The van der Waals surface area contributed by atoms with Crippen molar-refractivity contribution in [2.24, 2.45) is 0 Å². The number of fused-ring (bicyclic) bond motifs is 1. The maximum Gasteiger partial charge on any atom is 0.269 e. The van der Waals surface area contributed by atoms with Gasteiger partial charge in [0, 0.05) is 23.4 Å². The van der Waals surface area contributed by atoms with E-state index in [0.29, 0.717) is 16.8 Å². The Labute approximate surface area is 125 Å². The summed E-state index contributed by atoms with van der Waals surface area (Å²) in [6.07, 6.45) is 0. The summed E-state index contributed by atoms with van der Waals surface area (Å²) in [5, 5.41) is 22.8. The predicted molar refractivity (Wildman–Crippen MR) is 80.6 cm³/mol. The van der Waals surface area contributed by atoms with E-state index in [-0.39, 0.29) is 22.7 Å². The van der Waals surface area contributed by atoms with Gasteiger partial charge >= 0.3 is 0 Å². The van der Waals surface area contributed by atoms with Crippen molar-refractivity contribution in [1.29, 1.82) is 5.26 Å². The Morgan fingerprint density at radius 3 is 2.45 bits per heavy atom. The van der Waals surface area contributed by atoms with E-state index in [4.69, 9.17) is 0 Å². The lowest BCUT2D eigenvalue weighted by Crippen LogP contribution is -2.05. The molecule has 1 aliphatic rings. The third-order valence-corrected chi connectivity index (χ3v) is 3.40. The summed E-state index contributed by atoms with van der Waals surface area (Å²) in [5.74, 6) is -0.351. The predicted octanol–water partition coefficient (Wildman–Crippen LogP) is 2.98. The van der Waals surface area contributed by atoms with Crippen LogP contribution in [0.25, 0.3) is 11.1 Å². The van der Waals surface area contributed by atoms with Crippen molar-refractivity contribution in [2.45, 2.75) is 0 Å². The molecule has 1 heterocycles. The summed E-state index contributed by atoms with van der Waals surface area (Å²) in [5.41, 5.74) is 2.18. The third-order valence-electron chi connectivity index (χ3n) is 3.40. The molecular formula is C16H9N3O3. The number of anilines is 1. The highest BCUT2D eigenvalue weighted by Crippen LogP contribution is 2.36. The molecule has 2 aromatic rings. The Balaban J connectivity index is 2.17. The Hall–Kier alpha value is -3.46. The van der Waals surface area contributed by atoms with E-state index in [9.17, 15) is 20.2 Å². The molecule has 0 atom stereocenters. The first kappa shape index (κ1) is 13.5. The number of nitrogens with zero attached hydrogens (tertiary/aromatic N) is 2. The number of nitro benzene ring substituents is 1. The third kappa shape index (κ3) is 2.11. The summed E-state index contributed by atoms with van der Waals surface area (Å²) in [7, 11) is 0. The number of nitriles is 1. The zero-order chi connectivity index (χ0) is 15.7. The fraction of sp³-hybridized carbons (Fsp3) is 0. The topological polar surface area (TPSA) is 96.0 Å². The lowest BCUT2D eigenvalue weighted by molar-refractivity contribution is -0.384. The first-order valence-electron chi connectivity index (χ1n) is 6.42. The van der Waals surface area contributed by atoms with Gasteiger partial charge in [-0.2, -0.15) is 5.26 Å². The van der Waals surface area contributed by atoms with Crippen LogP contribution in [0.1, 0.15) is 11.1 Å². The molecule has 0 saturated carbocycles. The fourth-order valence-electron chi connectivity index (χ4n) is 2.38. The van der Waals surface area contributed by atoms with E-state index in [1.54, 1.807) is 24.3 Å². The van der Waals surface area contributed by atoms with Crippen molar-refractivity contribution in [1.82, 2.24) is 0 Å². The van der Waals surface area contributed by atoms with Crippen LogP contribution in [-0.2, 0) is 4.79 Å². The summed E-state index contributed by atoms with van der Waals surface area (Å²) in [6, 6.07) is 14.7. The number of hydrogen-bond donors (Lipinski definition) is 1. The second-order valence-electron chi connectivity index (χ2n) is 4.67. The number of non-ortho nitro benzene ring substituents is 1. The van der Waals surface area contributed by atoms with Gasteiger partial charge in [0.25, 0.3) is 11.6 Å². The van der Waals surface area contributed by atoms with Crippen molar-refractivity contribution < 1.29 is 9.72 Å². The van der Waals surface area contributed by atoms with Crippen LogP contribution >= 0.6 is 0 Å². The molecule has 6 heteroatoms. The molecule has 1 aliphatic heterocycles. The molecule has 1 amide bonds. The lowest BCUT2D eigenvalue weighted by atomic mass is 9.96. The summed E-state index contributed by atoms with van der Waals surface area (Å²) >= 11 is 0. The molecule has 3 rings (SSSR count). The SMILES string of the molecule is N#CC(=C1C(=O)Nc2ccccc21)c1ccc([N+](=O)[O-])cc1. The van der Waals surface area contributed by atoms with Crippen molar-refractivity contribution >= 4 is 28.4 Å². The molecule has 0 bridgehead atoms. The monoisotopic (exact) mass is 291 g/mol. The van der Waals surface area contributed by atoms with Gasteiger partial charge in [-0.3, -0.25) is 14.9 Å². The molecule has 2 aromatic carbocycles. The molecule has 0 aliphatic carbocycles. The normalized spacial score (nSPS) is 14.8. The maximum absolute atomic E-state index is 12.2. The second kappa shape index (κ2) is 5.14. The maximum atomic E-state index is 12.2. The molecule has 0 radical (unpaired) electrons. The number of nitrogens with one attached hydrogen (secondary N) is 1. The van der Waals surface area contributed by atoms with E-state index in [1.807, 2.05) is 6.07 Å². The summed E-state index contributed by atoms with van der Waals surface area (Å²) in [6.45, 7) is 0. The van der Waals surface area contributed by atoms with Crippen LogP contribution in [0.5, 0.6) is 0 Å². The zero-order valence-electron chi connectivity index (χ0n) is 11.2. The van der Waals surface area contributed by atoms with E-state index in [1.165, 1.54) is 24.3 Å². The number of rotatable bonds is 2. The quantitative estimate of drug-likeness (QED) is 0.398. The Kier molecular flexibility index (Phi) is 3.16.